The Morgan fingerprint density at radius 1 is 1.15 bits per heavy atom. The Kier molecular flexibility index (Phi) is 5.66. The van der Waals surface area contributed by atoms with Crippen molar-refractivity contribution in [2.75, 3.05) is 5.32 Å². The Morgan fingerprint density at radius 2 is 1.85 bits per heavy atom. The first-order valence-corrected chi connectivity index (χ1v) is 9.45. The maximum absolute atomic E-state index is 12.0. The molecule has 0 radical (unpaired) electrons. The van der Waals surface area contributed by atoms with Crippen LogP contribution in [0.5, 0.6) is 0 Å². The molecule has 2 aromatic carbocycles. The van der Waals surface area contributed by atoms with Crippen molar-refractivity contribution < 1.29 is 4.79 Å². The number of hydrogen-bond acceptors (Lipinski definition) is 4. The number of aromatic nitrogens is 1. The Morgan fingerprint density at radius 3 is 2.54 bits per heavy atom. The highest BCUT2D eigenvalue weighted by atomic mass is 35.5. The summed E-state index contributed by atoms with van der Waals surface area (Å²) in [7, 11) is 0. The summed E-state index contributed by atoms with van der Waals surface area (Å²) in [6.45, 7) is 4.07. The van der Waals surface area contributed by atoms with Gasteiger partial charge in [-0.2, -0.15) is 0 Å². The molecule has 1 aromatic heterocycles. The molecule has 0 aliphatic heterocycles. The number of amides is 1. The average Bonchev–Trinajstić information content (AvgIpc) is 3.02. The minimum absolute atomic E-state index is 0.213. The van der Waals surface area contributed by atoms with E-state index >= 15 is 0 Å². The molecule has 0 aliphatic rings. The van der Waals surface area contributed by atoms with Gasteiger partial charge in [0.1, 0.15) is 0 Å². The summed E-state index contributed by atoms with van der Waals surface area (Å²) in [5, 5.41) is 7.12. The van der Waals surface area contributed by atoms with Crippen LogP contribution in [0, 0.1) is 13.8 Å². The number of carbonyl (C=O) groups is 1. The quantitative estimate of drug-likeness (QED) is 0.474. The maximum atomic E-state index is 12.0. The molecule has 0 bridgehead atoms. The van der Waals surface area contributed by atoms with Gasteiger partial charge in [0.2, 0.25) is 5.91 Å². The molecule has 0 spiro atoms. The zero-order chi connectivity index (χ0) is 18.7. The highest BCUT2D eigenvalue weighted by Gasteiger charge is 2.10. The van der Waals surface area contributed by atoms with Crippen LogP contribution >= 0.6 is 35.2 Å². The molecule has 0 saturated carbocycles. The molecule has 26 heavy (non-hydrogen) atoms. The molecule has 0 atom stereocenters. The summed E-state index contributed by atoms with van der Waals surface area (Å²) in [4.78, 5) is 16.6. The fraction of sp³-hybridized carbons (Fsp3) is 0.105. The normalized spacial score (nSPS) is 11.0. The molecule has 0 saturated heterocycles. The summed E-state index contributed by atoms with van der Waals surface area (Å²) in [6.07, 6.45) is 3.11. The Labute approximate surface area is 165 Å². The number of carbonyl (C=O) groups excluding carboxylic acids is 1. The van der Waals surface area contributed by atoms with E-state index in [1.54, 1.807) is 18.2 Å². The number of hydrogen-bond donors (Lipinski definition) is 2. The Hall–Kier alpha value is -2.28. The maximum Gasteiger partial charge on any atom is 0.250 e. The lowest BCUT2D eigenvalue weighted by Gasteiger charge is -2.04. The van der Waals surface area contributed by atoms with Gasteiger partial charge in [-0.15, -0.1) is 0 Å². The number of benzene rings is 2. The molecule has 132 valence electrons. The lowest BCUT2D eigenvalue weighted by Crippen LogP contribution is -2.32. The molecule has 0 fully saturated rings. The molecular formula is C19H16ClN3OS2. The average molecular weight is 402 g/mol. The van der Waals surface area contributed by atoms with E-state index in [9.17, 15) is 4.79 Å². The van der Waals surface area contributed by atoms with Crippen LogP contribution in [0.3, 0.4) is 0 Å². The third kappa shape index (κ3) is 4.46. The smallest absolute Gasteiger partial charge is 0.250 e. The molecule has 0 unspecified atom stereocenters. The second kappa shape index (κ2) is 7.95. The fourth-order valence-electron chi connectivity index (χ4n) is 2.34. The van der Waals surface area contributed by atoms with Crippen molar-refractivity contribution in [3.05, 3.63) is 64.2 Å². The van der Waals surface area contributed by atoms with Gasteiger partial charge in [0.05, 0.1) is 10.2 Å². The molecule has 0 aliphatic carbocycles. The first-order valence-electron chi connectivity index (χ1n) is 7.85. The number of nitrogens with zero attached hydrogens (tertiary/aromatic N) is 1. The van der Waals surface area contributed by atoms with Gasteiger partial charge in [0.25, 0.3) is 0 Å². The number of anilines is 1. The molecule has 1 amide bonds. The summed E-state index contributed by atoms with van der Waals surface area (Å²) < 4.78 is 1.12. The van der Waals surface area contributed by atoms with Gasteiger partial charge in [0.15, 0.2) is 10.2 Å². The van der Waals surface area contributed by atoms with E-state index in [0.717, 1.165) is 26.9 Å². The van der Waals surface area contributed by atoms with E-state index in [1.165, 1.54) is 17.4 Å². The van der Waals surface area contributed by atoms with Gasteiger partial charge in [-0.25, -0.2) is 4.98 Å². The number of thiazole rings is 1. The fourth-order valence-corrected chi connectivity index (χ4v) is 3.74. The monoisotopic (exact) mass is 401 g/mol. The SMILES string of the molecule is Cc1ccc(C)c2sc(NC(=S)NC(=O)/C=C/c3ccc(Cl)cc3)nc12. The van der Waals surface area contributed by atoms with Crippen molar-refractivity contribution >= 4 is 67.6 Å². The molecule has 2 N–H and O–H groups in total. The van der Waals surface area contributed by atoms with Crippen molar-refractivity contribution in [2.45, 2.75) is 13.8 Å². The predicted octanol–water partition coefficient (Wildman–Crippen LogP) is 5.09. The van der Waals surface area contributed by atoms with Crippen molar-refractivity contribution in [2.24, 2.45) is 0 Å². The predicted molar refractivity (Wildman–Crippen MR) is 114 cm³/mol. The van der Waals surface area contributed by atoms with Crippen molar-refractivity contribution in [1.82, 2.24) is 10.3 Å². The van der Waals surface area contributed by atoms with Crippen LogP contribution in [0.2, 0.25) is 5.02 Å². The van der Waals surface area contributed by atoms with Crippen LogP contribution in [0.4, 0.5) is 5.13 Å². The number of rotatable bonds is 3. The molecule has 7 heteroatoms. The van der Waals surface area contributed by atoms with Crippen molar-refractivity contribution in [3.63, 3.8) is 0 Å². The lowest BCUT2D eigenvalue weighted by atomic mass is 10.1. The van der Waals surface area contributed by atoms with Gasteiger partial charge < -0.3 is 5.32 Å². The van der Waals surface area contributed by atoms with E-state index in [1.807, 2.05) is 32.0 Å². The van der Waals surface area contributed by atoms with E-state index in [2.05, 4.69) is 21.7 Å². The first kappa shape index (κ1) is 18.5. The van der Waals surface area contributed by atoms with E-state index in [0.29, 0.717) is 10.2 Å². The second-order valence-electron chi connectivity index (χ2n) is 5.72. The molecular weight excluding hydrogens is 386 g/mol. The van der Waals surface area contributed by atoms with Gasteiger partial charge in [0, 0.05) is 11.1 Å². The first-order chi connectivity index (χ1) is 12.4. The third-order valence-corrected chi connectivity index (χ3v) is 5.26. The number of fused-ring (bicyclic) bond motifs is 1. The van der Waals surface area contributed by atoms with Crippen LogP contribution in [0.1, 0.15) is 16.7 Å². The standard InChI is InChI=1S/C19H16ClN3OS2/c1-11-3-4-12(2)17-16(11)22-19(26-17)23-18(25)21-15(24)10-7-13-5-8-14(20)9-6-13/h3-10H,1-2H3,(H2,21,22,23,24,25)/b10-7+. The van der Waals surface area contributed by atoms with Crippen LogP contribution < -0.4 is 10.6 Å². The topological polar surface area (TPSA) is 54.0 Å². The van der Waals surface area contributed by atoms with E-state index < -0.39 is 0 Å². The highest BCUT2D eigenvalue weighted by Crippen LogP contribution is 2.30. The minimum atomic E-state index is -0.314. The van der Waals surface area contributed by atoms with Crippen LogP contribution in [-0.2, 0) is 4.79 Å². The van der Waals surface area contributed by atoms with Gasteiger partial charge in [-0.1, -0.05) is 47.2 Å². The molecule has 3 aromatic rings. The summed E-state index contributed by atoms with van der Waals surface area (Å²) in [5.41, 5.74) is 4.10. The molecule has 3 rings (SSSR count). The molecule has 1 heterocycles. The van der Waals surface area contributed by atoms with Gasteiger partial charge in [-0.05, 0) is 61.0 Å². The Bertz CT molecular complexity index is 971. The zero-order valence-corrected chi connectivity index (χ0v) is 16.6. The van der Waals surface area contributed by atoms with Gasteiger partial charge >= 0.3 is 0 Å². The van der Waals surface area contributed by atoms with E-state index in [-0.39, 0.29) is 11.0 Å². The second-order valence-corrected chi connectivity index (χ2v) is 7.57. The van der Waals surface area contributed by atoms with Crippen LogP contribution in [0.25, 0.3) is 16.3 Å². The number of aryl methyl sites for hydroxylation is 2. The van der Waals surface area contributed by atoms with Crippen molar-refractivity contribution in [3.8, 4) is 0 Å². The zero-order valence-electron chi connectivity index (χ0n) is 14.2. The molecule has 4 nitrogen and oxygen atoms in total. The summed E-state index contributed by atoms with van der Waals surface area (Å²) >= 11 is 12.6. The number of nitrogens with one attached hydrogen (secondary N) is 2. The van der Waals surface area contributed by atoms with Crippen LogP contribution in [0.15, 0.2) is 42.5 Å². The highest BCUT2D eigenvalue weighted by molar-refractivity contribution is 7.80. The van der Waals surface area contributed by atoms with Crippen LogP contribution in [-0.4, -0.2) is 16.0 Å². The summed E-state index contributed by atoms with van der Waals surface area (Å²) in [5.74, 6) is -0.314. The lowest BCUT2D eigenvalue weighted by molar-refractivity contribution is -0.115. The Balaban J connectivity index is 1.63. The largest absolute Gasteiger partial charge is 0.308 e. The number of thiocarbonyl (C=S) groups is 1. The number of halogens is 1. The third-order valence-electron chi connectivity index (χ3n) is 3.70. The van der Waals surface area contributed by atoms with Gasteiger partial charge in [-0.3, -0.25) is 10.1 Å². The van der Waals surface area contributed by atoms with E-state index in [4.69, 9.17) is 23.8 Å². The minimum Gasteiger partial charge on any atom is -0.308 e. The summed E-state index contributed by atoms with van der Waals surface area (Å²) in [6, 6.07) is 11.3. The van der Waals surface area contributed by atoms with Crippen molar-refractivity contribution in [1.29, 1.82) is 0 Å².